The molecule has 2 unspecified atom stereocenters. The minimum absolute atomic E-state index is 0.350. The molecule has 2 aromatic carbocycles. The van der Waals surface area contributed by atoms with Crippen molar-refractivity contribution < 1.29 is 29.0 Å². The third-order valence-electron chi connectivity index (χ3n) is 3.68. The normalized spacial score (nSPS) is 14.5. The number of carbonyl (C=O) groups excluding carboxylic acids is 3. The van der Waals surface area contributed by atoms with E-state index < -0.39 is 30.3 Å². The van der Waals surface area contributed by atoms with E-state index in [0.717, 1.165) is 19.2 Å². The van der Waals surface area contributed by atoms with E-state index in [-0.39, 0.29) is 0 Å². The summed E-state index contributed by atoms with van der Waals surface area (Å²) in [6.45, 7) is 1.57. The molecule has 0 aliphatic carbocycles. The predicted molar refractivity (Wildman–Crippen MR) is 86.1 cm³/mol. The fraction of sp³-hybridized carbons (Fsp3) is 0.278. The van der Waals surface area contributed by atoms with Gasteiger partial charge in [0.1, 0.15) is 0 Å². The van der Waals surface area contributed by atoms with Gasteiger partial charge in [0.15, 0.2) is 6.29 Å². The van der Waals surface area contributed by atoms with Crippen LogP contribution in [0.3, 0.4) is 0 Å². The number of hydrogen-bond donors (Lipinski definition) is 1. The minimum Gasteiger partial charge on any atom is -0.450 e. The number of aldehydes is 1. The van der Waals surface area contributed by atoms with Gasteiger partial charge in [-0.3, -0.25) is 14.4 Å². The molecule has 0 spiro atoms. The van der Waals surface area contributed by atoms with Crippen LogP contribution in [0.2, 0.25) is 0 Å². The Labute approximate surface area is 139 Å². The largest absolute Gasteiger partial charge is 0.450 e. The summed E-state index contributed by atoms with van der Waals surface area (Å²) in [6, 6.07) is 12.4. The second-order valence-electron chi connectivity index (χ2n) is 5.33. The maximum atomic E-state index is 11.6. The maximum Gasteiger partial charge on any atom is 0.303 e. The molecule has 0 saturated carbocycles. The Bertz CT molecular complexity index is 764. The average Bonchev–Trinajstić information content (AvgIpc) is 2.57. The molecule has 0 aliphatic rings. The van der Waals surface area contributed by atoms with Gasteiger partial charge >= 0.3 is 11.9 Å². The van der Waals surface area contributed by atoms with Gasteiger partial charge in [0, 0.05) is 19.4 Å². The Balaban J connectivity index is 2.74. The first-order valence-electron chi connectivity index (χ1n) is 7.36. The average molecular weight is 330 g/mol. The lowest BCUT2D eigenvalue weighted by molar-refractivity contribution is -0.192. The van der Waals surface area contributed by atoms with Gasteiger partial charge in [0.25, 0.3) is 0 Å². The lowest BCUT2D eigenvalue weighted by Gasteiger charge is -2.36. The monoisotopic (exact) mass is 330 g/mol. The third kappa shape index (κ3) is 3.28. The SMILES string of the molecule is CC(=O)OC(C=O)C(CO)(OC(C)=O)c1cccc2ccccc12. The van der Waals surface area contributed by atoms with Gasteiger partial charge in [-0.1, -0.05) is 42.5 Å². The lowest BCUT2D eigenvalue weighted by atomic mass is 9.85. The molecule has 0 amide bonds. The fourth-order valence-corrected chi connectivity index (χ4v) is 2.74. The molecule has 1 N–H and O–H groups in total. The van der Waals surface area contributed by atoms with Gasteiger partial charge in [-0.05, 0) is 10.8 Å². The predicted octanol–water partition coefficient (Wildman–Crippen LogP) is 1.72. The summed E-state index contributed by atoms with van der Waals surface area (Å²) >= 11 is 0. The van der Waals surface area contributed by atoms with E-state index in [1.807, 2.05) is 18.2 Å². The van der Waals surface area contributed by atoms with Gasteiger partial charge in [0.2, 0.25) is 11.7 Å². The number of esters is 2. The van der Waals surface area contributed by atoms with Gasteiger partial charge in [-0.15, -0.1) is 0 Å². The summed E-state index contributed by atoms with van der Waals surface area (Å²) in [6.07, 6.45) is -1.13. The molecule has 6 nitrogen and oxygen atoms in total. The van der Waals surface area contributed by atoms with Crippen LogP contribution in [0.5, 0.6) is 0 Å². The Morgan fingerprint density at radius 2 is 1.79 bits per heavy atom. The second-order valence-corrected chi connectivity index (χ2v) is 5.33. The molecule has 126 valence electrons. The van der Waals surface area contributed by atoms with Crippen LogP contribution >= 0.6 is 0 Å². The van der Waals surface area contributed by atoms with Gasteiger partial charge in [0.05, 0.1) is 6.61 Å². The van der Waals surface area contributed by atoms with E-state index >= 15 is 0 Å². The van der Waals surface area contributed by atoms with Crippen LogP contribution in [-0.2, 0) is 29.5 Å². The van der Waals surface area contributed by atoms with E-state index in [1.165, 1.54) is 0 Å². The van der Waals surface area contributed by atoms with Gasteiger partial charge < -0.3 is 14.6 Å². The molecule has 24 heavy (non-hydrogen) atoms. The number of benzene rings is 2. The highest BCUT2D eigenvalue weighted by molar-refractivity contribution is 5.88. The topological polar surface area (TPSA) is 89.9 Å². The highest BCUT2D eigenvalue weighted by Crippen LogP contribution is 2.36. The molecule has 0 aliphatic heterocycles. The minimum atomic E-state index is -1.82. The molecule has 2 atom stereocenters. The number of ether oxygens (including phenoxy) is 2. The van der Waals surface area contributed by atoms with Crippen molar-refractivity contribution >= 4 is 29.0 Å². The van der Waals surface area contributed by atoms with Gasteiger partial charge in [-0.2, -0.15) is 0 Å². The van der Waals surface area contributed by atoms with Crippen LogP contribution in [0.1, 0.15) is 19.4 Å². The molecule has 2 rings (SSSR count). The van der Waals surface area contributed by atoms with E-state index in [1.54, 1.807) is 24.3 Å². The summed E-state index contributed by atoms with van der Waals surface area (Å²) in [5, 5.41) is 11.5. The van der Waals surface area contributed by atoms with Crippen molar-refractivity contribution in [2.75, 3.05) is 6.61 Å². The van der Waals surface area contributed by atoms with E-state index in [0.29, 0.717) is 17.2 Å². The summed E-state index contributed by atoms with van der Waals surface area (Å²) in [7, 11) is 0. The first-order valence-corrected chi connectivity index (χ1v) is 7.36. The van der Waals surface area contributed by atoms with Crippen LogP contribution in [0.25, 0.3) is 10.8 Å². The molecule has 6 heteroatoms. The van der Waals surface area contributed by atoms with Crippen molar-refractivity contribution in [1.29, 1.82) is 0 Å². The summed E-state index contributed by atoms with van der Waals surface area (Å²) < 4.78 is 10.4. The molecule has 0 bridgehead atoms. The van der Waals surface area contributed by atoms with E-state index in [9.17, 15) is 19.5 Å². The molecule has 0 fully saturated rings. The first kappa shape index (κ1) is 17.6. The zero-order valence-corrected chi connectivity index (χ0v) is 13.4. The molecule has 0 heterocycles. The fourth-order valence-electron chi connectivity index (χ4n) is 2.74. The lowest BCUT2D eigenvalue weighted by Crippen LogP contribution is -2.49. The molecule has 0 radical (unpaired) electrons. The molecule has 2 aromatic rings. The Morgan fingerprint density at radius 1 is 1.12 bits per heavy atom. The molecular formula is C18H18O6. The van der Waals surface area contributed by atoms with E-state index in [2.05, 4.69) is 0 Å². The van der Waals surface area contributed by atoms with Crippen LogP contribution in [0, 0.1) is 0 Å². The number of fused-ring (bicyclic) bond motifs is 1. The number of aliphatic hydroxyl groups excluding tert-OH is 1. The van der Waals surface area contributed by atoms with Gasteiger partial charge in [-0.25, -0.2) is 0 Å². The van der Waals surface area contributed by atoms with Crippen LogP contribution in [0.4, 0.5) is 0 Å². The summed E-state index contributed by atoms with van der Waals surface area (Å²) in [4.78, 5) is 34.6. The van der Waals surface area contributed by atoms with Crippen molar-refractivity contribution in [2.45, 2.75) is 25.6 Å². The van der Waals surface area contributed by atoms with E-state index in [4.69, 9.17) is 9.47 Å². The number of carbonyl (C=O) groups is 3. The van der Waals surface area contributed by atoms with Crippen molar-refractivity contribution in [2.24, 2.45) is 0 Å². The van der Waals surface area contributed by atoms with Crippen molar-refractivity contribution in [3.63, 3.8) is 0 Å². The van der Waals surface area contributed by atoms with Crippen molar-refractivity contribution in [1.82, 2.24) is 0 Å². The Morgan fingerprint density at radius 3 is 2.38 bits per heavy atom. The quantitative estimate of drug-likeness (QED) is 0.641. The number of aliphatic hydroxyl groups is 1. The van der Waals surface area contributed by atoms with Crippen LogP contribution in [0.15, 0.2) is 42.5 Å². The maximum absolute atomic E-state index is 11.6. The molecule has 0 aromatic heterocycles. The zero-order chi connectivity index (χ0) is 17.7. The summed E-state index contributed by atoms with van der Waals surface area (Å²) in [5.41, 5.74) is -1.43. The summed E-state index contributed by atoms with van der Waals surface area (Å²) in [5.74, 6) is -1.44. The number of hydrogen-bond acceptors (Lipinski definition) is 6. The van der Waals surface area contributed by atoms with Crippen LogP contribution in [-0.4, -0.2) is 36.0 Å². The zero-order valence-electron chi connectivity index (χ0n) is 13.4. The number of rotatable bonds is 6. The second kappa shape index (κ2) is 7.23. The third-order valence-corrected chi connectivity index (χ3v) is 3.68. The van der Waals surface area contributed by atoms with Crippen molar-refractivity contribution in [3.05, 3.63) is 48.0 Å². The Kier molecular flexibility index (Phi) is 5.31. The smallest absolute Gasteiger partial charge is 0.303 e. The highest BCUT2D eigenvalue weighted by atomic mass is 16.6. The standard InChI is InChI=1S/C18H18O6/c1-12(21)23-17(10-19)18(11-20,24-13(2)22)16-9-5-7-14-6-3-4-8-15(14)16/h3-10,17,20H,11H2,1-2H3. The highest BCUT2D eigenvalue weighted by Gasteiger charge is 2.47. The Hall–Kier alpha value is -2.73. The molecular weight excluding hydrogens is 312 g/mol. The molecule has 0 saturated heterocycles. The van der Waals surface area contributed by atoms with Crippen molar-refractivity contribution in [3.8, 4) is 0 Å². The van der Waals surface area contributed by atoms with Crippen LogP contribution < -0.4 is 0 Å². The first-order chi connectivity index (χ1) is 11.4.